The van der Waals surface area contributed by atoms with Gasteiger partial charge in [0.25, 0.3) is 0 Å². The minimum atomic E-state index is 0.814. The Bertz CT molecular complexity index is 465. The Hall–Kier alpha value is -1.87. The molecule has 0 radical (unpaired) electrons. The van der Waals surface area contributed by atoms with Crippen molar-refractivity contribution in [3.8, 4) is 0 Å². The van der Waals surface area contributed by atoms with Crippen LogP contribution in [0.2, 0.25) is 0 Å². The SMILES string of the molecule is CCN(Cc1ccc(N)cc1)Cc1cccnc1. The van der Waals surface area contributed by atoms with E-state index in [0.29, 0.717) is 0 Å². The lowest BCUT2D eigenvalue weighted by atomic mass is 10.2. The highest BCUT2D eigenvalue weighted by atomic mass is 15.1. The fourth-order valence-corrected chi connectivity index (χ4v) is 1.91. The normalized spacial score (nSPS) is 10.8. The van der Waals surface area contributed by atoms with Crippen LogP contribution in [0.4, 0.5) is 5.69 Å². The third kappa shape index (κ3) is 3.57. The number of hydrogen-bond donors (Lipinski definition) is 1. The quantitative estimate of drug-likeness (QED) is 0.818. The molecule has 1 heterocycles. The van der Waals surface area contributed by atoms with Crippen molar-refractivity contribution in [1.29, 1.82) is 0 Å². The second kappa shape index (κ2) is 6.17. The fourth-order valence-electron chi connectivity index (χ4n) is 1.91. The molecule has 0 unspecified atom stereocenters. The second-order valence-electron chi connectivity index (χ2n) is 4.41. The standard InChI is InChI=1S/C15H19N3/c1-2-18(12-14-4-3-9-17-10-14)11-13-5-7-15(16)8-6-13/h3-10H,2,11-12,16H2,1H3. The largest absolute Gasteiger partial charge is 0.399 e. The average molecular weight is 241 g/mol. The molecule has 94 valence electrons. The van der Waals surface area contributed by atoms with E-state index in [2.05, 4.69) is 35.0 Å². The van der Waals surface area contributed by atoms with Gasteiger partial charge < -0.3 is 5.73 Å². The fraction of sp³-hybridized carbons (Fsp3) is 0.267. The molecule has 2 aromatic rings. The van der Waals surface area contributed by atoms with Crippen molar-refractivity contribution in [2.75, 3.05) is 12.3 Å². The molecule has 0 saturated heterocycles. The summed E-state index contributed by atoms with van der Waals surface area (Å²) in [4.78, 5) is 6.52. The van der Waals surface area contributed by atoms with E-state index >= 15 is 0 Å². The highest BCUT2D eigenvalue weighted by Crippen LogP contribution is 2.11. The van der Waals surface area contributed by atoms with E-state index in [-0.39, 0.29) is 0 Å². The lowest BCUT2D eigenvalue weighted by Gasteiger charge is -2.20. The maximum Gasteiger partial charge on any atom is 0.0314 e. The molecule has 3 heteroatoms. The monoisotopic (exact) mass is 241 g/mol. The number of rotatable bonds is 5. The lowest BCUT2D eigenvalue weighted by Crippen LogP contribution is -2.22. The van der Waals surface area contributed by atoms with E-state index in [0.717, 1.165) is 25.3 Å². The van der Waals surface area contributed by atoms with Crippen LogP contribution in [-0.4, -0.2) is 16.4 Å². The first-order valence-corrected chi connectivity index (χ1v) is 6.23. The molecule has 1 aromatic heterocycles. The van der Waals surface area contributed by atoms with Crippen LogP contribution in [0.3, 0.4) is 0 Å². The van der Waals surface area contributed by atoms with Crippen molar-refractivity contribution in [2.24, 2.45) is 0 Å². The van der Waals surface area contributed by atoms with E-state index < -0.39 is 0 Å². The molecule has 3 nitrogen and oxygen atoms in total. The van der Waals surface area contributed by atoms with Gasteiger partial charge in [-0.1, -0.05) is 25.1 Å². The summed E-state index contributed by atoms with van der Waals surface area (Å²) in [7, 11) is 0. The number of benzene rings is 1. The number of nitrogens with zero attached hydrogens (tertiary/aromatic N) is 2. The molecule has 0 aliphatic carbocycles. The van der Waals surface area contributed by atoms with Gasteiger partial charge in [0, 0.05) is 31.2 Å². The molecule has 0 bridgehead atoms. The molecule has 0 aliphatic rings. The van der Waals surface area contributed by atoms with E-state index in [4.69, 9.17) is 5.73 Å². The van der Waals surface area contributed by atoms with E-state index in [1.54, 1.807) is 6.20 Å². The summed E-state index contributed by atoms with van der Waals surface area (Å²) in [6.07, 6.45) is 3.73. The summed E-state index contributed by atoms with van der Waals surface area (Å²) in [5.74, 6) is 0. The molecular formula is C15H19N3. The van der Waals surface area contributed by atoms with Crippen LogP contribution in [-0.2, 0) is 13.1 Å². The number of hydrogen-bond acceptors (Lipinski definition) is 3. The van der Waals surface area contributed by atoms with Crippen molar-refractivity contribution in [3.63, 3.8) is 0 Å². The number of aromatic nitrogens is 1. The molecule has 2 rings (SSSR count). The Morgan fingerprint density at radius 2 is 1.78 bits per heavy atom. The second-order valence-corrected chi connectivity index (χ2v) is 4.41. The van der Waals surface area contributed by atoms with Gasteiger partial charge in [-0.2, -0.15) is 0 Å². The molecule has 2 N–H and O–H groups in total. The van der Waals surface area contributed by atoms with Crippen LogP contribution >= 0.6 is 0 Å². The summed E-state index contributed by atoms with van der Waals surface area (Å²) in [6.45, 7) is 5.05. The maximum atomic E-state index is 5.69. The number of nitrogen functional groups attached to an aromatic ring is 1. The predicted octanol–water partition coefficient (Wildman–Crippen LogP) is 2.69. The van der Waals surface area contributed by atoms with Gasteiger partial charge in [0.2, 0.25) is 0 Å². The van der Waals surface area contributed by atoms with Gasteiger partial charge in [-0.15, -0.1) is 0 Å². The van der Waals surface area contributed by atoms with E-state index in [9.17, 15) is 0 Å². The number of nitrogens with two attached hydrogens (primary N) is 1. The highest BCUT2D eigenvalue weighted by molar-refractivity contribution is 5.39. The Morgan fingerprint density at radius 1 is 1.06 bits per heavy atom. The zero-order valence-corrected chi connectivity index (χ0v) is 10.7. The topological polar surface area (TPSA) is 42.1 Å². The van der Waals surface area contributed by atoms with Crippen LogP contribution in [0.25, 0.3) is 0 Å². The summed E-state index contributed by atoms with van der Waals surface area (Å²) in [6, 6.07) is 12.2. The number of anilines is 1. The first-order valence-electron chi connectivity index (χ1n) is 6.23. The summed E-state index contributed by atoms with van der Waals surface area (Å²) in [5, 5.41) is 0. The van der Waals surface area contributed by atoms with Gasteiger partial charge in [0.15, 0.2) is 0 Å². The van der Waals surface area contributed by atoms with Gasteiger partial charge in [-0.05, 0) is 35.9 Å². The molecule has 0 spiro atoms. The summed E-state index contributed by atoms with van der Waals surface area (Å²) in [5.41, 5.74) is 9.04. The van der Waals surface area contributed by atoms with Crippen LogP contribution in [0.5, 0.6) is 0 Å². The van der Waals surface area contributed by atoms with Crippen LogP contribution in [0.15, 0.2) is 48.8 Å². The zero-order chi connectivity index (χ0) is 12.8. The highest BCUT2D eigenvalue weighted by Gasteiger charge is 2.04. The first-order chi connectivity index (χ1) is 8.78. The van der Waals surface area contributed by atoms with Gasteiger partial charge in [0.1, 0.15) is 0 Å². The minimum Gasteiger partial charge on any atom is -0.399 e. The predicted molar refractivity (Wildman–Crippen MR) is 74.9 cm³/mol. The Labute approximate surface area is 108 Å². The minimum absolute atomic E-state index is 0.814. The molecule has 0 aliphatic heterocycles. The maximum absolute atomic E-state index is 5.69. The smallest absolute Gasteiger partial charge is 0.0314 e. The Balaban J connectivity index is 1.99. The summed E-state index contributed by atoms with van der Waals surface area (Å²) >= 11 is 0. The van der Waals surface area contributed by atoms with Crippen molar-refractivity contribution in [1.82, 2.24) is 9.88 Å². The third-order valence-corrected chi connectivity index (χ3v) is 2.96. The van der Waals surface area contributed by atoms with Crippen molar-refractivity contribution in [2.45, 2.75) is 20.0 Å². The molecule has 0 amide bonds. The summed E-state index contributed by atoms with van der Waals surface area (Å²) < 4.78 is 0. The zero-order valence-electron chi connectivity index (χ0n) is 10.7. The molecule has 1 aromatic carbocycles. The van der Waals surface area contributed by atoms with Gasteiger partial charge in [-0.3, -0.25) is 9.88 Å². The van der Waals surface area contributed by atoms with Crippen molar-refractivity contribution >= 4 is 5.69 Å². The lowest BCUT2D eigenvalue weighted by molar-refractivity contribution is 0.271. The molecule has 0 atom stereocenters. The molecule has 18 heavy (non-hydrogen) atoms. The number of pyridine rings is 1. The van der Waals surface area contributed by atoms with Crippen molar-refractivity contribution in [3.05, 3.63) is 59.9 Å². The van der Waals surface area contributed by atoms with E-state index in [1.165, 1.54) is 11.1 Å². The van der Waals surface area contributed by atoms with E-state index in [1.807, 2.05) is 24.4 Å². The van der Waals surface area contributed by atoms with Gasteiger partial charge in [0.05, 0.1) is 0 Å². The van der Waals surface area contributed by atoms with Crippen molar-refractivity contribution < 1.29 is 0 Å². The van der Waals surface area contributed by atoms with Gasteiger partial charge in [-0.25, -0.2) is 0 Å². The molecular weight excluding hydrogens is 222 g/mol. The Morgan fingerprint density at radius 3 is 2.39 bits per heavy atom. The van der Waals surface area contributed by atoms with Crippen LogP contribution < -0.4 is 5.73 Å². The molecule has 0 fully saturated rings. The molecule has 0 saturated carbocycles. The van der Waals surface area contributed by atoms with Gasteiger partial charge >= 0.3 is 0 Å². The van der Waals surface area contributed by atoms with Crippen LogP contribution in [0, 0.1) is 0 Å². The first kappa shape index (κ1) is 12.6. The average Bonchev–Trinajstić information content (AvgIpc) is 2.41. The van der Waals surface area contributed by atoms with Crippen LogP contribution in [0.1, 0.15) is 18.1 Å². The third-order valence-electron chi connectivity index (χ3n) is 2.96. The Kier molecular flexibility index (Phi) is 4.31.